The van der Waals surface area contributed by atoms with E-state index in [0.29, 0.717) is 22.9 Å². The Morgan fingerprint density at radius 1 is 1.15 bits per heavy atom. The highest BCUT2D eigenvalue weighted by atomic mass is 35.5. The summed E-state index contributed by atoms with van der Waals surface area (Å²) in [5.74, 6) is -0.0570. The van der Waals surface area contributed by atoms with E-state index in [2.05, 4.69) is 17.1 Å². The van der Waals surface area contributed by atoms with Crippen molar-refractivity contribution in [2.45, 2.75) is 82.0 Å². The number of thioether (sulfide) groups is 1. The van der Waals surface area contributed by atoms with Crippen molar-refractivity contribution in [1.29, 1.82) is 0 Å². The quantitative estimate of drug-likeness (QED) is 0.384. The molecule has 1 aromatic rings. The van der Waals surface area contributed by atoms with E-state index in [9.17, 15) is 9.59 Å². The van der Waals surface area contributed by atoms with Crippen molar-refractivity contribution in [3.8, 4) is 0 Å². The third-order valence-electron chi connectivity index (χ3n) is 7.46. The van der Waals surface area contributed by atoms with Crippen LogP contribution < -0.4 is 5.32 Å². The molecular weight excluding hydrogens is 466 g/mol. The van der Waals surface area contributed by atoms with Gasteiger partial charge in [0.1, 0.15) is 6.54 Å². The Hall–Kier alpha value is -1.50. The number of nitrogens with one attached hydrogen (secondary N) is 1. The van der Waals surface area contributed by atoms with E-state index in [1.165, 1.54) is 38.6 Å². The van der Waals surface area contributed by atoms with Crippen LogP contribution in [0.25, 0.3) is 6.08 Å². The van der Waals surface area contributed by atoms with Gasteiger partial charge in [0, 0.05) is 35.4 Å². The predicted molar refractivity (Wildman–Crippen MR) is 142 cm³/mol. The second-order valence-electron chi connectivity index (χ2n) is 9.80. The van der Waals surface area contributed by atoms with Gasteiger partial charge >= 0.3 is 0 Å². The topological polar surface area (TPSA) is 52.7 Å². The fraction of sp³-hybridized carbons (Fsp3) is 0.630. The number of likely N-dealkylation sites (tertiary alicyclic amines) is 1. The lowest BCUT2D eigenvalue weighted by atomic mass is 9.93. The van der Waals surface area contributed by atoms with Crippen LogP contribution in [0.15, 0.2) is 29.2 Å². The predicted octanol–water partition coefficient (Wildman–Crippen LogP) is 5.34. The van der Waals surface area contributed by atoms with Gasteiger partial charge in [-0.2, -0.15) is 0 Å². The van der Waals surface area contributed by atoms with Gasteiger partial charge in [0.15, 0.2) is 0 Å². The van der Waals surface area contributed by atoms with E-state index in [4.69, 9.17) is 11.6 Å². The van der Waals surface area contributed by atoms with Crippen molar-refractivity contribution in [1.82, 2.24) is 15.1 Å². The van der Waals surface area contributed by atoms with Crippen LogP contribution >= 0.6 is 23.4 Å². The fourth-order valence-corrected chi connectivity index (χ4v) is 7.21. The molecule has 2 heterocycles. The summed E-state index contributed by atoms with van der Waals surface area (Å²) < 4.78 is 0. The molecule has 3 aliphatic rings. The van der Waals surface area contributed by atoms with Crippen molar-refractivity contribution in [2.75, 3.05) is 26.2 Å². The average molecular weight is 504 g/mol. The maximum absolute atomic E-state index is 13.4. The molecule has 1 aromatic carbocycles. The molecule has 2 saturated heterocycles. The molecular formula is C27H38ClN3O2S. The van der Waals surface area contributed by atoms with Crippen LogP contribution in [-0.4, -0.2) is 65.1 Å². The number of carbonyl (C=O) groups is 2. The number of fused-ring (bicyclic) bond motifs is 1. The van der Waals surface area contributed by atoms with Gasteiger partial charge in [0.2, 0.25) is 5.91 Å². The van der Waals surface area contributed by atoms with Crippen LogP contribution in [0.3, 0.4) is 0 Å². The number of benzene rings is 1. The molecule has 34 heavy (non-hydrogen) atoms. The maximum atomic E-state index is 13.4. The third-order valence-corrected chi connectivity index (χ3v) is 9.12. The standard InChI is InChI=1S/C27H38ClN3O2S/c1-2-22-8-5-6-16-30(22)17-7-15-29-26(32)19-31-23-9-3-4-10-24(23)34-25(27(31)33)18-20-11-13-21(28)14-12-20/h11-14,18,22-24H,2-10,15-17,19H2,1H3,(H,29,32)/b25-18+. The minimum Gasteiger partial charge on any atom is -0.355 e. The molecule has 2 amide bonds. The highest BCUT2D eigenvalue weighted by Gasteiger charge is 2.41. The summed E-state index contributed by atoms with van der Waals surface area (Å²) in [7, 11) is 0. The van der Waals surface area contributed by atoms with Crippen LogP contribution in [0.4, 0.5) is 0 Å². The smallest absolute Gasteiger partial charge is 0.261 e. The van der Waals surface area contributed by atoms with E-state index in [-0.39, 0.29) is 24.4 Å². The van der Waals surface area contributed by atoms with Crippen molar-refractivity contribution >= 4 is 41.3 Å². The SMILES string of the molecule is CCC1CCCCN1CCCNC(=O)CN1C(=O)/C(=C\c2ccc(Cl)cc2)SC2CCCCC21. The summed E-state index contributed by atoms with van der Waals surface area (Å²) in [4.78, 5) is 31.4. The largest absolute Gasteiger partial charge is 0.355 e. The number of hydrogen-bond acceptors (Lipinski definition) is 4. The van der Waals surface area contributed by atoms with Crippen molar-refractivity contribution in [2.24, 2.45) is 0 Å². The van der Waals surface area contributed by atoms with Gasteiger partial charge in [-0.05, 0) is 68.8 Å². The lowest BCUT2D eigenvalue weighted by Crippen LogP contribution is -2.54. The van der Waals surface area contributed by atoms with Gasteiger partial charge in [-0.25, -0.2) is 0 Å². The minimum atomic E-state index is -0.0406. The van der Waals surface area contributed by atoms with Crippen molar-refractivity contribution in [3.63, 3.8) is 0 Å². The minimum absolute atomic E-state index is 0.0163. The summed E-state index contributed by atoms with van der Waals surface area (Å²) in [5, 5.41) is 4.13. The first kappa shape index (κ1) is 25.6. The van der Waals surface area contributed by atoms with Crippen molar-refractivity contribution < 1.29 is 9.59 Å². The second kappa shape index (κ2) is 12.5. The van der Waals surface area contributed by atoms with Gasteiger partial charge < -0.3 is 15.1 Å². The molecule has 1 aliphatic carbocycles. The summed E-state index contributed by atoms with van der Waals surface area (Å²) in [6.07, 6.45) is 12.4. The zero-order chi connectivity index (χ0) is 23.9. The average Bonchev–Trinajstić information content (AvgIpc) is 2.86. The zero-order valence-electron chi connectivity index (χ0n) is 20.3. The Morgan fingerprint density at radius 3 is 2.71 bits per heavy atom. The van der Waals surface area contributed by atoms with E-state index in [1.54, 1.807) is 11.8 Å². The molecule has 0 radical (unpaired) electrons. The van der Waals surface area contributed by atoms with Crippen LogP contribution in [-0.2, 0) is 9.59 Å². The first-order valence-electron chi connectivity index (χ1n) is 13.0. The first-order valence-corrected chi connectivity index (χ1v) is 14.3. The van der Waals surface area contributed by atoms with Gasteiger partial charge in [-0.1, -0.05) is 49.9 Å². The van der Waals surface area contributed by atoms with Gasteiger partial charge in [-0.15, -0.1) is 11.8 Å². The number of hydrogen-bond donors (Lipinski definition) is 1. The molecule has 4 rings (SSSR count). The number of piperidine rings is 1. The van der Waals surface area contributed by atoms with Gasteiger partial charge in [0.25, 0.3) is 5.91 Å². The van der Waals surface area contributed by atoms with Crippen LogP contribution in [0.2, 0.25) is 5.02 Å². The highest BCUT2D eigenvalue weighted by Crippen LogP contribution is 2.42. The third kappa shape index (κ3) is 6.58. The second-order valence-corrected chi connectivity index (χ2v) is 11.5. The molecule has 186 valence electrons. The maximum Gasteiger partial charge on any atom is 0.261 e. The summed E-state index contributed by atoms with van der Waals surface area (Å²) in [6, 6.07) is 8.39. The number of carbonyl (C=O) groups excluding carboxylic acids is 2. The van der Waals surface area contributed by atoms with E-state index >= 15 is 0 Å². The van der Waals surface area contributed by atoms with Gasteiger partial charge in [-0.3, -0.25) is 9.59 Å². The lowest BCUT2D eigenvalue weighted by Gasteiger charge is -2.43. The molecule has 0 aromatic heterocycles. The molecule has 5 nitrogen and oxygen atoms in total. The Bertz CT molecular complexity index is 875. The lowest BCUT2D eigenvalue weighted by molar-refractivity contribution is -0.135. The summed E-state index contributed by atoms with van der Waals surface area (Å²) in [6.45, 7) is 5.31. The number of halogens is 1. The van der Waals surface area contributed by atoms with Crippen LogP contribution in [0.5, 0.6) is 0 Å². The molecule has 7 heteroatoms. The molecule has 1 saturated carbocycles. The Kier molecular flexibility index (Phi) is 9.38. The normalized spacial score (nSPS) is 27.0. The van der Waals surface area contributed by atoms with Crippen LogP contribution in [0.1, 0.15) is 70.3 Å². The van der Waals surface area contributed by atoms with E-state index < -0.39 is 0 Å². The monoisotopic (exact) mass is 503 g/mol. The summed E-state index contributed by atoms with van der Waals surface area (Å²) >= 11 is 7.71. The number of rotatable bonds is 8. The molecule has 3 atom stereocenters. The Morgan fingerprint density at radius 2 is 1.91 bits per heavy atom. The molecule has 3 unspecified atom stereocenters. The number of amides is 2. The fourth-order valence-electron chi connectivity index (χ4n) is 5.61. The molecule has 2 aliphatic heterocycles. The highest BCUT2D eigenvalue weighted by molar-refractivity contribution is 8.04. The molecule has 1 N–H and O–H groups in total. The van der Waals surface area contributed by atoms with Gasteiger partial charge in [0.05, 0.1) is 4.91 Å². The van der Waals surface area contributed by atoms with Crippen molar-refractivity contribution in [3.05, 3.63) is 39.8 Å². The molecule has 0 spiro atoms. The first-order chi connectivity index (χ1) is 16.5. The van der Waals surface area contributed by atoms with E-state index in [1.807, 2.05) is 35.2 Å². The zero-order valence-corrected chi connectivity index (χ0v) is 21.9. The van der Waals surface area contributed by atoms with E-state index in [0.717, 1.165) is 42.7 Å². The Labute approximate surface area is 213 Å². The van der Waals surface area contributed by atoms with Crippen LogP contribution in [0, 0.1) is 0 Å². The molecule has 3 fully saturated rings. The Balaban J connectivity index is 1.34. The number of nitrogens with zero attached hydrogens (tertiary/aromatic N) is 2. The summed E-state index contributed by atoms with van der Waals surface area (Å²) in [5.41, 5.74) is 0.960. The molecule has 0 bridgehead atoms.